The topological polar surface area (TPSA) is 98.0 Å². The fraction of sp³-hybridized carbons (Fsp3) is 0.545. The molecule has 2 aromatic rings. The molecule has 2 amide bonds. The molecule has 1 unspecified atom stereocenters. The molecule has 1 aromatic carbocycles. The second kappa shape index (κ2) is 10.2. The van der Waals surface area contributed by atoms with Crippen LogP contribution in [0, 0.1) is 5.92 Å². The van der Waals surface area contributed by atoms with Gasteiger partial charge in [0.1, 0.15) is 11.9 Å². The van der Waals surface area contributed by atoms with Gasteiger partial charge in [-0.25, -0.2) is 9.48 Å². The van der Waals surface area contributed by atoms with Gasteiger partial charge in [0.25, 0.3) is 0 Å². The van der Waals surface area contributed by atoms with Crippen LogP contribution >= 0.6 is 0 Å². The van der Waals surface area contributed by atoms with Gasteiger partial charge in [-0.1, -0.05) is 44.2 Å². The number of fused-ring (bicyclic) bond motifs is 1. The van der Waals surface area contributed by atoms with E-state index in [2.05, 4.69) is 15.7 Å². The molecule has 162 valence electrons. The lowest BCUT2D eigenvalue weighted by atomic mass is 10.0. The average molecular weight is 414 g/mol. The van der Waals surface area contributed by atoms with Gasteiger partial charge in [0, 0.05) is 32.5 Å². The summed E-state index contributed by atoms with van der Waals surface area (Å²) in [5, 5.41) is 10.1. The highest BCUT2D eigenvalue weighted by Crippen LogP contribution is 2.14. The largest absolute Gasteiger partial charge is 0.354 e. The van der Waals surface area contributed by atoms with Crippen molar-refractivity contribution in [2.45, 2.75) is 65.1 Å². The van der Waals surface area contributed by atoms with Gasteiger partial charge in [0.05, 0.1) is 0 Å². The van der Waals surface area contributed by atoms with Crippen molar-refractivity contribution in [3.05, 3.63) is 52.2 Å². The highest BCUT2D eigenvalue weighted by molar-refractivity contribution is 5.88. The van der Waals surface area contributed by atoms with Crippen LogP contribution in [0.4, 0.5) is 0 Å². The SMILES string of the molecule is CC(C)CC(=O)NC(C(=O)NCCCn1nc2n(c1=O)CCCC2)c1ccccc1. The van der Waals surface area contributed by atoms with Crippen molar-refractivity contribution in [3.63, 3.8) is 0 Å². The zero-order chi connectivity index (χ0) is 21.5. The number of aromatic nitrogens is 3. The molecular formula is C22H31N5O3. The van der Waals surface area contributed by atoms with Crippen LogP contribution in [0.1, 0.15) is 57.0 Å². The van der Waals surface area contributed by atoms with E-state index in [1.807, 2.05) is 44.2 Å². The van der Waals surface area contributed by atoms with E-state index in [4.69, 9.17) is 0 Å². The van der Waals surface area contributed by atoms with Gasteiger partial charge in [0.2, 0.25) is 11.8 Å². The fourth-order valence-electron chi connectivity index (χ4n) is 3.67. The third-order valence-corrected chi connectivity index (χ3v) is 5.17. The van der Waals surface area contributed by atoms with Crippen molar-refractivity contribution in [1.29, 1.82) is 0 Å². The molecule has 0 fully saturated rings. The lowest BCUT2D eigenvalue weighted by Crippen LogP contribution is -2.41. The Hall–Kier alpha value is -2.90. The zero-order valence-electron chi connectivity index (χ0n) is 17.8. The number of carbonyl (C=O) groups is 2. The van der Waals surface area contributed by atoms with Crippen LogP contribution in [0.25, 0.3) is 0 Å². The predicted molar refractivity (Wildman–Crippen MR) is 114 cm³/mol. The Bertz CT molecular complexity index is 917. The number of aryl methyl sites for hydroxylation is 2. The molecular weight excluding hydrogens is 382 g/mol. The van der Waals surface area contributed by atoms with Crippen molar-refractivity contribution in [1.82, 2.24) is 25.0 Å². The summed E-state index contributed by atoms with van der Waals surface area (Å²) < 4.78 is 3.24. The van der Waals surface area contributed by atoms with Crippen LogP contribution in [0.5, 0.6) is 0 Å². The number of amides is 2. The third kappa shape index (κ3) is 5.58. The molecule has 1 aliphatic heterocycles. The first-order valence-corrected chi connectivity index (χ1v) is 10.7. The number of rotatable bonds is 9. The van der Waals surface area contributed by atoms with Gasteiger partial charge in [0.15, 0.2) is 0 Å². The second-order valence-electron chi connectivity index (χ2n) is 8.18. The lowest BCUT2D eigenvalue weighted by Gasteiger charge is -2.19. The van der Waals surface area contributed by atoms with Crippen LogP contribution in [0.3, 0.4) is 0 Å². The Morgan fingerprint density at radius 1 is 1.17 bits per heavy atom. The smallest absolute Gasteiger partial charge is 0.345 e. The van der Waals surface area contributed by atoms with Gasteiger partial charge in [-0.05, 0) is 30.7 Å². The minimum absolute atomic E-state index is 0.0702. The van der Waals surface area contributed by atoms with E-state index in [1.54, 1.807) is 4.57 Å². The maximum atomic E-state index is 12.8. The number of hydrogen-bond donors (Lipinski definition) is 2. The number of benzene rings is 1. The summed E-state index contributed by atoms with van der Waals surface area (Å²) in [5.41, 5.74) is 0.671. The first-order chi connectivity index (χ1) is 14.5. The Kier molecular flexibility index (Phi) is 7.43. The summed E-state index contributed by atoms with van der Waals surface area (Å²) in [7, 11) is 0. The molecule has 1 aromatic heterocycles. The van der Waals surface area contributed by atoms with Crippen LogP contribution in [-0.2, 0) is 29.1 Å². The second-order valence-corrected chi connectivity index (χ2v) is 8.18. The molecule has 0 spiro atoms. The minimum atomic E-state index is -0.736. The van der Waals surface area contributed by atoms with Crippen molar-refractivity contribution < 1.29 is 9.59 Å². The number of nitrogens with zero attached hydrogens (tertiary/aromatic N) is 3. The number of carbonyl (C=O) groups excluding carboxylic acids is 2. The minimum Gasteiger partial charge on any atom is -0.354 e. The Morgan fingerprint density at radius 2 is 1.93 bits per heavy atom. The summed E-state index contributed by atoms with van der Waals surface area (Å²) in [6.07, 6.45) is 3.87. The quantitative estimate of drug-likeness (QED) is 0.613. The van der Waals surface area contributed by atoms with Gasteiger partial charge >= 0.3 is 5.69 Å². The molecule has 0 saturated carbocycles. The molecule has 30 heavy (non-hydrogen) atoms. The van der Waals surface area contributed by atoms with Gasteiger partial charge in [-0.3, -0.25) is 14.2 Å². The normalized spacial score (nSPS) is 14.2. The first kappa shape index (κ1) is 21.8. The third-order valence-electron chi connectivity index (χ3n) is 5.17. The molecule has 8 heteroatoms. The van der Waals surface area contributed by atoms with E-state index in [1.165, 1.54) is 4.68 Å². The molecule has 1 aliphatic rings. The van der Waals surface area contributed by atoms with E-state index in [-0.39, 0.29) is 23.4 Å². The average Bonchev–Trinajstić information content (AvgIpc) is 3.05. The summed E-state index contributed by atoms with van der Waals surface area (Å²) in [6, 6.07) is 8.48. The lowest BCUT2D eigenvalue weighted by molar-refractivity contribution is -0.129. The van der Waals surface area contributed by atoms with E-state index in [9.17, 15) is 14.4 Å². The summed E-state index contributed by atoms with van der Waals surface area (Å²) >= 11 is 0. The first-order valence-electron chi connectivity index (χ1n) is 10.7. The van der Waals surface area contributed by atoms with Crippen molar-refractivity contribution in [2.75, 3.05) is 6.54 Å². The Balaban J connectivity index is 1.56. The summed E-state index contributed by atoms with van der Waals surface area (Å²) in [6.45, 7) is 5.52. The molecule has 2 heterocycles. The van der Waals surface area contributed by atoms with E-state index in [0.29, 0.717) is 25.9 Å². The van der Waals surface area contributed by atoms with Crippen LogP contribution in [-0.4, -0.2) is 32.7 Å². The van der Waals surface area contributed by atoms with Crippen LogP contribution in [0.15, 0.2) is 35.1 Å². The molecule has 1 atom stereocenters. The summed E-state index contributed by atoms with van der Waals surface area (Å²) in [5.74, 6) is 0.662. The number of hydrogen-bond acceptors (Lipinski definition) is 4. The number of nitrogens with one attached hydrogen (secondary N) is 2. The molecule has 0 saturated heterocycles. The predicted octanol–water partition coefficient (Wildman–Crippen LogP) is 1.79. The van der Waals surface area contributed by atoms with Gasteiger partial charge < -0.3 is 10.6 Å². The summed E-state index contributed by atoms with van der Waals surface area (Å²) in [4.78, 5) is 37.4. The molecule has 0 radical (unpaired) electrons. The van der Waals surface area contributed by atoms with Crippen LogP contribution in [0.2, 0.25) is 0 Å². The zero-order valence-corrected chi connectivity index (χ0v) is 17.8. The van der Waals surface area contributed by atoms with E-state index >= 15 is 0 Å². The van der Waals surface area contributed by atoms with Crippen molar-refractivity contribution in [2.24, 2.45) is 5.92 Å². The van der Waals surface area contributed by atoms with Crippen molar-refractivity contribution in [3.8, 4) is 0 Å². The molecule has 2 N–H and O–H groups in total. The van der Waals surface area contributed by atoms with Gasteiger partial charge in [-0.15, -0.1) is 0 Å². The maximum Gasteiger partial charge on any atom is 0.345 e. The maximum absolute atomic E-state index is 12.8. The fourth-order valence-corrected chi connectivity index (χ4v) is 3.67. The monoisotopic (exact) mass is 413 g/mol. The van der Waals surface area contributed by atoms with E-state index < -0.39 is 6.04 Å². The van der Waals surface area contributed by atoms with Crippen molar-refractivity contribution >= 4 is 11.8 Å². The van der Waals surface area contributed by atoms with E-state index in [0.717, 1.165) is 37.2 Å². The Morgan fingerprint density at radius 3 is 2.63 bits per heavy atom. The highest BCUT2D eigenvalue weighted by Gasteiger charge is 2.23. The highest BCUT2D eigenvalue weighted by atomic mass is 16.2. The molecule has 3 rings (SSSR count). The van der Waals surface area contributed by atoms with Gasteiger partial charge in [-0.2, -0.15) is 5.10 Å². The molecule has 0 bridgehead atoms. The standard InChI is InChI=1S/C22H31N5O3/c1-16(2)15-19(28)24-20(17-9-4-3-5-10-17)21(29)23-12-8-14-27-22(30)26-13-7-6-11-18(26)25-27/h3-5,9-10,16,20H,6-8,11-15H2,1-2H3,(H,23,29)(H,24,28). The Labute approximate surface area is 176 Å². The molecule has 8 nitrogen and oxygen atoms in total. The molecule has 0 aliphatic carbocycles. The van der Waals surface area contributed by atoms with Crippen LogP contribution < -0.4 is 16.3 Å².